The summed E-state index contributed by atoms with van der Waals surface area (Å²) in [6.45, 7) is 1.30. The second-order valence-electron chi connectivity index (χ2n) is 7.00. The Morgan fingerprint density at radius 3 is 3.00 bits per heavy atom. The van der Waals surface area contributed by atoms with E-state index in [1.165, 1.54) is 4.70 Å². The first-order valence-electron chi connectivity index (χ1n) is 9.55. The quantitative estimate of drug-likeness (QED) is 0.441. The summed E-state index contributed by atoms with van der Waals surface area (Å²) in [5.41, 5.74) is 1.01. The molecule has 6 nitrogen and oxygen atoms in total. The summed E-state index contributed by atoms with van der Waals surface area (Å²) in [6.07, 6.45) is 2.38. The van der Waals surface area contributed by atoms with Crippen molar-refractivity contribution >= 4 is 51.0 Å². The Morgan fingerprint density at radius 2 is 2.17 bits per heavy atom. The zero-order valence-electron chi connectivity index (χ0n) is 15.6. The maximum absolute atomic E-state index is 13.1. The number of rotatable bonds is 5. The van der Waals surface area contributed by atoms with Crippen LogP contribution in [0.15, 0.2) is 41.8 Å². The molecule has 1 atom stereocenters. The van der Waals surface area contributed by atoms with Crippen molar-refractivity contribution in [1.29, 1.82) is 0 Å². The fraction of sp³-hybridized carbons (Fsp3) is 0.300. The molecule has 0 bridgehead atoms. The van der Waals surface area contributed by atoms with Crippen molar-refractivity contribution in [2.75, 3.05) is 6.54 Å². The number of carbonyl (C=O) groups is 1. The third-order valence-electron chi connectivity index (χ3n) is 5.22. The summed E-state index contributed by atoms with van der Waals surface area (Å²) in [5.74, 6) is 0.939. The Balaban J connectivity index is 1.33. The highest BCUT2D eigenvalue weighted by Crippen LogP contribution is 2.36. The van der Waals surface area contributed by atoms with Crippen LogP contribution in [-0.4, -0.2) is 37.1 Å². The van der Waals surface area contributed by atoms with E-state index in [9.17, 15) is 4.79 Å². The number of hydrogen-bond donors (Lipinski definition) is 1. The molecule has 4 aromatic rings. The topological polar surface area (TPSA) is 66.8 Å². The fourth-order valence-electron chi connectivity index (χ4n) is 3.82. The molecule has 148 valence electrons. The van der Waals surface area contributed by atoms with E-state index in [1.54, 1.807) is 22.7 Å². The second-order valence-corrected chi connectivity index (χ2v) is 9.39. The van der Waals surface area contributed by atoms with E-state index in [2.05, 4.69) is 16.3 Å². The Labute approximate surface area is 180 Å². The van der Waals surface area contributed by atoms with Gasteiger partial charge in [-0.15, -0.1) is 22.7 Å². The number of thiazole rings is 1. The van der Waals surface area contributed by atoms with Crippen molar-refractivity contribution in [3.8, 4) is 10.7 Å². The summed E-state index contributed by atoms with van der Waals surface area (Å²) in [5, 5.41) is 10.2. The lowest BCUT2D eigenvalue weighted by Gasteiger charge is -2.23. The lowest BCUT2D eigenvalue weighted by molar-refractivity contribution is -0.132. The van der Waals surface area contributed by atoms with E-state index >= 15 is 0 Å². The lowest BCUT2D eigenvalue weighted by atomic mass is 10.2. The number of amides is 1. The van der Waals surface area contributed by atoms with Crippen LogP contribution < -0.4 is 0 Å². The SMILES string of the molecule is O=C(CCn1c(-c2cccs2)n[nH]c1=S)N1CCCC1c1nc2ccccc2s1. The fourth-order valence-corrected chi connectivity index (χ4v) is 5.89. The van der Waals surface area contributed by atoms with Crippen LogP contribution in [0.25, 0.3) is 20.9 Å². The minimum absolute atomic E-state index is 0.0778. The van der Waals surface area contributed by atoms with Crippen LogP contribution in [0, 0.1) is 4.77 Å². The Kier molecular flexibility index (Phi) is 5.03. The van der Waals surface area contributed by atoms with Gasteiger partial charge in [0.1, 0.15) is 5.01 Å². The van der Waals surface area contributed by atoms with Gasteiger partial charge < -0.3 is 4.90 Å². The Hall–Kier alpha value is -2.36. The minimum Gasteiger partial charge on any atom is -0.333 e. The third-order valence-corrected chi connectivity index (χ3v) is 7.53. The van der Waals surface area contributed by atoms with E-state index < -0.39 is 0 Å². The highest BCUT2D eigenvalue weighted by Gasteiger charge is 2.32. The molecule has 0 saturated carbocycles. The summed E-state index contributed by atoms with van der Waals surface area (Å²) in [6, 6.07) is 12.2. The van der Waals surface area contributed by atoms with Gasteiger partial charge in [0.25, 0.3) is 0 Å². The summed E-state index contributed by atoms with van der Waals surface area (Å²) in [7, 11) is 0. The number of carbonyl (C=O) groups excluding carboxylic acids is 1. The van der Waals surface area contributed by atoms with Gasteiger partial charge in [0.2, 0.25) is 5.91 Å². The number of nitrogens with zero attached hydrogens (tertiary/aromatic N) is 4. The van der Waals surface area contributed by atoms with Gasteiger partial charge in [-0.3, -0.25) is 14.5 Å². The molecule has 4 heterocycles. The maximum atomic E-state index is 13.1. The summed E-state index contributed by atoms with van der Waals surface area (Å²) >= 11 is 8.69. The zero-order valence-corrected chi connectivity index (χ0v) is 18.0. The molecule has 1 amide bonds. The number of aromatic amines is 1. The molecule has 1 saturated heterocycles. The van der Waals surface area contributed by atoms with E-state index in [4.69, 9.17) is 17.2 Å². The minimum atomic E-state index is 0.0778. The van der Waals surface area contributed by atoms with Crippen molar-refractivity contribution in [3.05, 3.63) is 51.6 Å². The molecular weight excluding hydrogens is 422 g/mol. The highest BCUT2D eigenvalue weighted by atomic mass is 32.1. The van der Waals surface area contributed by atoms with Crippen molar-refractivity contribution < 1.29 is 4.79 Å². The first-order chi connectivity index (χ1) is 14.2. The molecule has 1 unspecified atom stereocenters. The van der Waals surface area contributed by atoms with Crippen LogP contribution in [-0.2, 0) is 11.3 Å². The van der Waals surface area contributed by atoms with E-state index in [0.717, 1.165) is 40.6 Å². The molecule has 1 aliphatic rings. The predicted molar refractivity (Wildman–Crippen MR) is 119 cm³/mol. The molecule has 5 rings (SSSR count). The van der Waals surface area contributed by atoms with Crippen LogP contribution in [0.5, 0.6) is 0 Å². The molecule has 1 fully saturated rings. The molecule has 3 aromatic heterocycles. The van der Waals surface area contributed by atoms with Crippen molar-refractivity contribution in [1.82, 2.24) is 24.6 Å². The van der Waals surface area contributed by atoms with Crippen LogP contribution >= 0.6 is 34.9 Å². The average Bonchev–Trinajstić information content (AvgIpc) is 3.51. The molecule has 0 radical (unpaired) electrons. The first kappa shape index (κ1) is 18.7. The highest BCUT2D eigenvalue weighted by molar-refractivity contribution is 7.71. The summed E-state index contributed by atoms with van der Waals surface area (Å²) in [4.78, 5) is 20.9. The monoisotopic (exact) mass is 441 g/mol. The van der Waals surface area contributed by atoms with Gasteiger partial charge >= 0.3 is 0 Å². The van der Waals surface area contributed by atoms with Crippen molar-refractivity contribution in [2.24, 2.45) is 0 Å². The smallest absolute Gasteiger partial charge is 0.224 e. The number of fused-ring (bicyclic) bond motifs is 1. The number of H-pyrrole nitrogens is 1. The normalized spacial score (nSPS) is 16.7. The molecule has 1 N–H and O–H groups in total. The van der Waals surface area contributed by atoms with Gasteiger partial charge in [0.15, 0.2) is 10.6 Å². The second kappa shape index (κ2) is 7.81. The van der Waals surface area contributed by atoms with Gasteiger partial charge in [0, 0.05) is 19.5 Å². The summed E-state index contributed by atoms with van der Waals surface area (Å²) < 4.78 is 3.64. The van der Waals surface area contributed by atoms with Crippen LogP contribution in [0.3, 0.4) is 0 Å². The number of aromatic nitrogens is 4. The van der Waals surface area contributed by atoms with Crippen LogP contribution in [0.2, 0.25) is 0 Å². The number of hydrogen-bond acceptors (Lipinski definition) is 6. The third kappa shape index (κ3) is 3.54. The van der Waals surface area contributed by atoms with Crippen LogP contribution in [0.1, 0.15) is 30.3 Å². The average molecular weight is 442 g/mol. The molecular formula is C20H19N5OS3. The predicted octanol–water partition coefficient (Wildman–Crippen LogP) is 5.03. The Morgan fingerprint density at radius 1 is 1.28 bits per heavy atom. The molecule has 9 heteroatoms. The number of nitrogens with one attached hydrogen (secondary N) is 1. The largest absolute Gasteiger partial charge is 0.333 e. The first-order valence-corrected chi connectivity index (χ1v) is 11.6. The van der Waals surface area contributed by atoms with Crippen molar-refractivity contribution in [3.63, 3.8) is 0 Å². The van der Waals surface area contributed by atoms with Gasteiger partial charge in [-0.05, 0) is 48.6 Å². The standard InChI is InChI=1S/C20H19N5OS3/c26-17(9-11-25-18(22-23-20(25)27)16-8-4-12-28-16)24-10-3-6-14(24)19-21-13-5-1-2-7-15(13)29-19/h1-2,4-5,7-8,12,14H,3,6,9-11H2,(H,23,27). The van der Waals surface area contributed by atoms with Gasteiger partial charge in [0.05, 0.1) is 21.1 Å². The van der Waals surface area contributed by atoms with Crippen molar-refractivity contribution in [2.45, 2.75) is 31.8 Å². The zero-order chi connectivity index (χ0) is 19.8. The van der Waals surface area contributed by atoms with E-state index in [-0.39, 0.29) is 11.9 Å². The molecule has 1 aromatic carbocycles. The molecule has 0 aliphatic carbocycles. The number of para-hydroxylation sites is 1. The van der Waals surface area contributed by atoms with Crippen LogP contribution in [0.4, 0.5) is 0 Å². The lowest BCUT2D eigenvalue weighted by Crippen LogP contribution is -2.31. The number of benzene rings is 1. The molecule has 29 heavy (non-hydrogen) atoms. The Bertz CT molecular complexity index is 1170. The van der Waals surface area contributed by atoms with Gasteiger partial charge in [-0.25, -0.2) is 4.98 Å². The van der Waals surface area contributed by atoms with E-state index in [1.807, 2.05) is 45.2 Å². The molecule has 0 spiro atoms. The number of thiophene rings is 1. The molecule has 1 aliphatic heterocycles. The van der Waals surface area contributed by atoms with E-state index in [0.29, 0.717) is 17.7 Å². The maximum Gasteiger partial charge on any atom is 0.224 e. The van der Waals surface area contributed by atoms with Gasteiger partial charge in [-0.1, -0.05) is 18.2 Å². The number of likely N-dealkylation sites (tertiary alicyclic amines) is 1. The van der Waals surface area contributed by atoms with Gasteiger partial charge in [-0.2, -0.15) is 5.10 Å².